The molecule has 1 heterocycles. The maximum absolute atomic E-state index is 13.2. The third kappa shape index (κ3) is 2.59. The van der Waals surface area contributed by atoms with Gasteiger partial charge in [-0.15, -0.1) is 0 Å². The lowest BCUT2D eigenvalue weighted by Crippen LogP contribution is -1.86. The fraction of sp³-hybridized carbons (Fsp3) is 0. The van der Waals surface area contributed by atoms with Crippen molar-refractivity contribution in [2.24, 2.45) is 0 Å². The van der Waals surface area contributed by atoms with Crippen molar-refractivity contribution in [1.82, 2.24) is 10.1 Å². The van der Waals surface area contributed by atoms with Crippen LogP contribution in [-0.4, -0.2) is 15.2 Å². The second-order valence-electron chi connectivity index (χ2n) is 4.33. The van der Waals surface area contributed by atoms with E-state index < -0.39 is 0 Å². The zero-order chi connectivity index (χ0) is 15.0. The largest absolute Gasteiger partial charge is 0.506 e. The van der Waals surface area contributed by atoms with Crippen LogP contribution in [0.5, 0.6) is 5.75 Å². The number of phenols is 1. The third-order valence-electron chi connectivity index (χ3n) is 2.88. The summed E-state index contributed by atoms with van der Waals surface area (Å²) in [5, 5.41) is 13.4. The van der Waals surface area contributed by atoms with E-state index in [9.17, 15) is 9.50 Å². The maximum atomic E-state index is 13.2. The highest BCUT2D eigenvalue weighted by molar-refractivity contribution is 9.10. The molecule has 0 bridgehead atoms. The van der Waals surface area contributed by atoms with Gasteiger partial charge in [0.1, 0.15) is 11.6 Å². The Morgan fingerprint density at radius 2 is 1.90 bits per heavy atom. The molecule has 0 aliphatic rings. The molecule has 5 nitrogen and oxygen atoms in total. The molecule has 3 aromatic rings. The van der Waals surface area contributed by atoms with Gasteiger partial charge in [-0.3, -0.25) is 0 Å². The first kappa shape index (κ1) is 13.6. The lowest BCUT2D eigenvalue weighted by Gasteiger charge is -1.99. The molecule has 0 aliphatic heterocycles. The predicted molar refractivity (Wildman–Crippen MR) is 78.9 cm³/mol. The molecule has 0 saturated carbocycles. The topological polar surface area (TPSA) is 85.2 Å². The molecule has 0 fully saturated rings. The Morgan fingerprint density at radius 3 is 2.62 bits per heavy atom. The number of rotatable bonds is 2. The van der Waals surface area contributed by atoms with E-state index in [2.05, 4.69) is 26.1 Å². The van der Waals surface area contributed by atoms with Crippen LogP contribution in [-0.2, 0) is 0 Å². The second-order valence-corrected chi connectivity index (χ2v) is 5.18. The number of nitrogens with zero attached hydrogens (tertiary/aromatic N) is 2. The van der Waals surface area contributed by atoms with Gasteiger partial charge >= 0.3 is 0 Å². The van der Waals surface area contributed by atoms with E-state index in [4.69, 9.17) is 10.3 Å². The van der Waals surface area contributed by atoms with Crippen molar-refractivity contribution in [3.63, 3.8) is 0 Å². The fourth-order valence-electron chi connectivity index (χ4n) is 1.77. The minimum atomic E-state index is -0.370. The monoisotopic (exact) mass is 349 g/mol. The SMILES string of the molecule is Nc1ccc(-c2nc(-c3ccc(F)c(Br)c3)no2)cc1O. The predicted octanol–water partition coefficient (Wildman–Crippen LogP) is 3.59. The first-order chi connectivity index (χ1) is 10.0. The number of nitrogen functional groups attached to an aromatic ring is 1. The maximum Gasteiger partial charge on any atom is 0.258 e. The molecule has 3 N–H and O–H groups in total. The molecular weight excluding hydrogens is 341 g/mol. The van der Waals surface area contributed by atoms with Gasteiger partial charge in [0.15, 0.2) is 0 Å². The van der Waals surface area contributed by atoms with Gasteiger partial charge in [0, 0.05) is 11.1 Å². The van der Waals surface area contributed by atoms with E-state index in [0.717, 1.165) is 0 Å². The van der Waals surface area contributed by atoms with Crippen LogP contribution in [0, 0.1) is 5.82 Å². The van der Waals surface area contributed by atoms with Crippen LogP contribution in [0.4, 0.5) is 10.1 Å². The molecule has 7 heteroatoms. The summed E-state index contributed by atoms with van der Waals surface area (Å²) >= 11 is 3.10. The van der Waals surface area contributed by atoms with Gasteiger partial charge in [-0.25, -0.2) is 4.39 Å². The van der Waals surface area contributed by atoms with Crippen molar-refractivity contribution in [3.8, 4) is 28.6 Å². The normalized spacial score (nSPS) is 10.8. The number of benzene rings is 2. The van der Waals surface area contributed by atoms with Crippen LogP contribution in [0.3, 0.4) is 0 Å². The van der Waals surface area contributed by atoms with E-state index in [1.54, 1.807) is 24.3 Å². The van der Waals surface area contributed by atoms with E-state index >= 15 is 0 Å². The van der Waals surface area contributed by atoms with Gasteiger partial charge in [0.2, 0.25) is 5.82 Å². The van der Waals surface area contributed by atoms with Gasteiger partial charge in [0.25, 0.3) is 5.89 Å². The van der Waals surface area contributed by atoms with Crippen molar-refractivity contribution >= 4 is 21.6 Å². The first-order valence-electron chi connectivity index (χ1n) is 5.92. The average Bonchev–Trinajstić information content (AvgIpc) is 2.94. The number of halogens is 2. The highest BCUT2D eigenvalue weighted by atomic mass is 79.9. The van der Waals surface area contributed by atoms with Gasteiger partial charge in [-0.1, -0.05) is 5.16 Å². The highest BCUT2D eigenvalue weighted by Crippen LogP contribution is 2.29. The minimum absolute atomic E-state index is 0.0585. The van der Waals surface area contributed by atoms with E-state index in [0.29, 0.717) is 21.4 Å². The van der Waals surface area contributed by atoms with Crippen LogP contribution in [0.25, 0.3) is 22.8 Å². The second kappa shape index (κ2) is 5.17. The van der Waals surface area contributed by atoms with Crippen LogP contribution in [0.1, 0.15) is 0 Å². The standard InChI is InChI=1S/C14H9BrFN3O2/c15-9-5-7(1-3-10(9)16)13-18-14(21-19-13)8-2-4-11(17)12(20)6-8/h1-6,20H,17H2. The molecule has 21 heavy (non-hydrogen) atoms. The summed E-state index contributed by atoms with van der Waals surface area (Å²) in [5.74, 6) is 0.130. The minimum Gasteiger partial charge on any atom is -0.506 e. The summed E-state index contributed by atoms with van der Waals surface area (Å²) in [6.07, 6.45) is 0. The first-order valence-corrected chi connectivity index (χ1v) is 6.72. The molecule has 0 unspecified atom stereocenters. The van der Waals surface area contributed by atoms with Crippen molar-refractivity contribution in [1.29, 1.82) is 0 Å². The van der Waals surface area contributed by atoms with Crippen LogP contribution in [0.2, 0.25) is 0 Å². The molecule has 106 valence electrons. The number of aromatic hydroxyl groups is 1. The number of hydrogen-bond donors (Lipinski definition) is 2. The molecule has 3 rings (SSSR count). The Labute approximate surface area is 127 Å². The molecule has 0 saturated heterocycles. The van der Waals surface area contributed by atoms with E-state index in [1.807, 2.05) is 0 Å². The molecule has 0 radical (unpaired) electrons. The van der Waals surface area contributed by atoms with E-state index in [-0.39, 0.29) is 23.1 Å². The summed E-state index contributed by atoms with van der Waals surface area (Å²) in [6.45, 7) is 0. The van der Waals surface area contributed by atoms with E-state index in [1.165, 1.54) is 12.1 Å². The molecular formula is C14H9BrFN3O2. The smallest absolute Gasteiger partial charge is 0.258 e. The lowest BCUT2D eigenvalue weighted by molar-refractivity contribution is 0.431. The molecule has 2 aromatic carbocycles. The Kier molecular flexibility index (Phi) is 3.34. The third-order valence-corrected chi connectivity index (χ3v) is 3.49. The highest BCUT2D eigenvalue weighted by Gasteiger charge is 2.13. The summed E-state index contributed by atoms with van der Waals surface area (Å²) in [4.78, 5) is 4.22. The number of hydrogen-bond acceptors (Lipinski definition) is 5. The molecule has 0 atom stereocenters. The summed E-state index contributed by atoms with van der Waals surface area (Å²) < 4.78 is 18.7. The van der Waals surface area contributed by atoms with Crippen molar-refractivity contribution < 1.29 is 14.0 Å². The molecule has 0 amide bonds. The average molecular weight is 350 g/mol. The van der Waals surface area contributed by atoms with Gasteiger partial charge in [0.05, 0.1) is 10.2 Å². The zero-order valence-electron chi connectivity index (χ0n) is 10.5. The summed E-state index contributed by atoms with van der Waals surface area (Å²) in [7, 11) is 0. The molecule has 0 aliphatic carbocycles. The van der Waals surface area contributed by atoms with Gasteiger partial charge < -0.3 is 15.4 Å². The van der Waals surface area contributed by atoms with Gasteiger partial charge in [-0.05, 0) is 52.3 Å². The number of nitrogens with two attached hydrogens (primary N) is 1. The molecule has 0 spiro atoms. The Balaban J connectivity index is 1.99. The lowest BCUT2D eigenvalue weighted by atomic mass is 10.2. The van der Waals surface area contributed by atoms with Gasteiger partial charge in [-0.2, -0.15) is 4.98 Å². The van der Waals surface area contributed by atoms with Crippen LogP contribution >= 0.6 is 15.9 Å². The Morgan fingerprint density at radius 1 is 1.14 bits per heavy atom. The Hall–Kier alpha value is -2.41. The van der Waals surface area contributed by atoms with Crippen LogP contribution in [0.15, 0.2) is 45.4 Å². The summed E-state index contributed by atoms with van der Waals surface area (Å²) in [6, 6.07) is 9.06. The van der Waals surface area contributed by atoms with Crippen molar-refractivity contribution in [3.05, 3.63) is 46.7 Å². The van der Waals surface area contributed by atoms with Crippen molar-refractivity contribution in [2.75, 3.05) is 5.73 Å². The number of anilines is 1. The number of aromatic nitrogens is 2. The zero-order valence-corrected chi connectivity index (χ0v) is 12.1. The Bertz CT molecular complexity index is 754. The van der Waals surface area contributed by atoms with Crippen molar-refractivity contribution in [2.45, 2.75) is 0 Å². The fourth-order valence-corrected chi connectivity index (χ4v) is 2.15. The quantitative estimate of drug-likeness (QED) is 0.545. The van der Waals surface area contributed by atoms with Crippen LogP contribution < -0.4 is 5.73 Å². The number of phenolic OH excluding ortho intramolecular Hbond substituents is 1. The summed E-state index contributed by atoms with van der Waals surface area (Å²) in [5.41, 5.74) is 6.95. The molecule has 1 aromatic heterocycles.